The second-order valence-electron chi connectivity index (χ2n) is 6.16. The average Bonchev–Trinajstić information content (AvgIpc) is 2.59. The van der Waals surface area contributed by atoms with Crippen molar-refractivity contribution in [2.45, 2.75) is 20.8 Å². The van der Waals surface area contributed by atoms with Gasteiger partial charge in [0.15, 0.2) is 0 Å². The third-order valence-corrected chi connectivity index (χ3v) is 4.06. The second-order valence-corrected chi connectivity index (χ2v) is 7.07. The summed E-state index contributed by atoms with van der Waals surface area (Å²) in [5.41, 5.74) is 2.43. The minimum Gasteiger partial charge on any atom is -0.462 e. The molecule has 0 spiro atoms. The monoisotopic (exact) mass is 401 g/mol. The van der Waals surface area contributed by atoms with Crippen LogP contribution < -0.4 is 4.90 Å². The molecule has 0 saturated carbocycles. The van der Waals surface area contributed by atoms with Crippen molar-refractivity contribution in [3.8, 4) is 0 Å². The van der Waals surface area contributed by atoms with E-state index in [0.717, 1.165) is 22.3 Å². The molecule has 0 aliphatic heterocycles. The van der Waals surface area contributed by atoms with Gasteiger partial charge in [-0.05, 0) is 42.7 Å². The summed E-state index contributed by atoms with van der Waals surface area (Å²) >= 11 is 3.48. The predicted octanol–water partition coefficient (Wildman–Crippen LogP) is 5.52. The van der Waals surface area contributed by atoms with Crippen molar-refractivity contribution < 1.29 is 9.53 Å². The van der Waals surface area contributed by atoms with Crippen molar-refractivity contribution >= 4 is 33.2 Å². The van der Waals surface area contributed by atoms with Gasteiger partial charge in [-0.15, -0.1) is 0 Å². The first-order valence-electron chi connectivity index (χ1n) is 8.47. The van der Waals surface area contributed by atoms with Gasteiger partial charge < -0.3 is 9.64 Å². The van der Waals surface area contributed by atoms with E-state index in [1.807, 2.05) is 67.7 Å². The van der Waals surface area contributed by atoms with Crippen LogP contribution in [0, 0.1) is 5.92 Å². The van der Waals surface area contributed by atoms with Gasteiger partial charge in [-0.3, -0.25) is 0 Å². The van der Waals surface area contributed by atoms with Crippen molar-refractivity contribution in [2.75, 3.05) is 18.1 Å². The molecule has 0 aliphatic rings. The number of rotatable bonds is 7. The second kappa shape index (κ2) is 9.42. The van der Waals surface area contributed by atoms with Crippen LogP contribution in [0.15, 0.2) is 65.3 Å². The highest BCUT2D eigenvalue weighted by molar-refractivity contribution is 9.10. The Balaban J connectivity index is 2.49. The van der Waals surface area contributed by atoms with Crippen molar-refractivity contribution in [1.82, 2.24) is 0 Å². The van der Waals surface area contributed by atoms with Gasteiger partial charge >= 0.3 is 5.97 Å². The van der Waals surface area contributed by atoms with Gasteiger partial charge in [0, 0.05) is 22.9 Å². The summed E-state index contributed by atoms with van der Waals surface area (Å²) in [6.07, 6.45) is 1.90. The Bertz CT molecular complexity index is 726. The summed E-state index contributed by atoms with van der Waals surface area (Å²) < 4.78 is 6.22. The molecule has 0 unspecified atom stereocenters. The van der Waals surface area contributed by atoms with Gasteiger partial charge in [0.2, 0.25) is 0 Å². The zero-order valence-electron chi connectivity index (χ0n) is 14.9. The fraction of sp³-hybridized carbons (Fsp3) is 0.286. The maximum Gasteiger partial charge on any atom is 0.340 e. The van der Waals surface area contributed by atoms with Crippen LogP contribution in [0.1, 0.15) is 26.3 Å². The lowest BCUT2D eigenvalue weighted by Crippen LogP contribution is -2.23. The van der Waals surface area contributed by atoms with E-state index in [4.69, 9.17) is 4.74 Å². The molecule has 132 valence electrons. The highest BCUT2D eigenvalue weighted by Gasteiger charge is 2.17. The van der Waals surface area contributed by atoms with Crippen LogP contribution in [0.4, 0.5) is 5.69 Å². The minimum atomic E-state index is -0.315. The minimum absolute atomic E-state index is 0.315. The number of hydrogen-bond acceptors (Lipinski definition) is 3. The quantitative estimate of drug-likeness (QED) is 0.452. The molecule has 0 saturated heterocycles. The summed E-state index contributed by atoms with van der Waals surface area (Å²) in [6.45, 7) is 7.29. The van der Waals surface area contributed by atoms with E-state index in [9.17, 15) is 4.79 Å². The summed E-state index contributed by atoms with van der Waals surface area (Å²) in [5, 5.41) is 0. The lowest BCUT2D eigenvalue weighted by atomic mass is 10.1. The molecule has 0 amide bonds. The van der Waals surface area contributed by atoms with E-state index < -0.39 is 0 Å². The Morgan fingerprint density at radius 1 is 1.16 bits per heavy atom. The molecule has 2 aromatic rings. The predicted molar refractivity (Wildman–Crippen MR) is 107 cm³/mol. The molecule has 0 bridgehead atoms. The third kappa shape index (κ3) is 5.75. The SMILES string of the molecule is CCOC(=O)C(=CN(CC(C)C)c1ccccc1)c1cccc(Br)c1. The smallest absolute Gasteiger partial charge is 0.340 e. The summed E-state index contributed by atoms with van der Waals surface area (Å²) in [7, 11) is 0. The first-order chi connectivity index (χ1) is 12.0. The Morgan fingerprint density at radius 3 is 2.48 bits per heavy atom. The van der Waals surface area contributed by atoms with Crippen LogP contribution in [0.5, 0.6) is 0 Å². The molecular formula is C21H24BrNO2. The lowest BCUT2D eigenvalue weighted by molar-refractivity contribution is -0.136. The maximum atomic E-state index is 12.6. The van der Waals surface area contributed by atoms with Crippen molar-refractivity contribution in [3.63, 3.8) is 0 Å². The van der Waals surface area contributed by atoms with Crippen molar-refractivity contribution in [3.05, 3.63) is 70.8 Å². The van der Waals surface area contributed by atoms with Crippen LogP contribution in [0.25, 0.3) is 5.57 Å². The molecule has 4 heteroatoms. The molecule has 3 nitrogen and oxygen atoms in total. The number of nitrogens with zero attached hydrogens (tertiary/aromatic N) is 1. The molecule has 0 fully saturated rings. The Hall–Kier alpha value is -2.07. The van der Waals surface area contributed by atoms with E-state index >= 15 is 0 Å². The summed E-state index contributed by atoms with van der Waals surface area (Å²) in [6, 6.07) is 17.8. The van der Waals surface area contributed by atoms with Gasteiger partial charge in [0.1, 0.15) is 0 Å². The average molecular weight is 402 g/mol. The molecule has 0 heterocycles. The molecule has 25 heavy (non-hydrogen) atoms. The van der Waals surface area contributed by atoms with Crippen LogP contribution in [-0.2, 0) is 9.53 Å². The van der Waals surface area contributed by atoms with E-state index in [1.54, 1.807) is 0 Å². The number of halogens is 1. The van der Waals surface area contributed by atoms with Gasteiger partial charge in [-0.25, -0.2) is 4.79 Å². The number of anilines is 1. The summed E-state index contributed by atoms with van der Waals surface area (Å²) in [4.78, 5) is 14.7. The van der Waals surface area contributed by atoms with Gasteiger partial charge in [-0.1, -0.05) is 60.1 Å². The fourth-order valence-electron chi connectivity index (χ4n) is 2.51. The molecule has 0 aromatic heterocycles. The molecule has 2 aromatic carbocycles. The van der Waals surface area contributed by atoms with E-state index in [2.05, 4.69) is 34.7 Å². The number of para-hydroxylation sites is 1. The van der Waals surface area contributed by atoms with Crippen molar-refractivity contribution in [1.29, 1.82) is 0 Å². The molecular weight excluding hydrogens is 378 g/mol. The van der Waals surface area contributed by atoms with Gasteiger partial charge in [-0.2, -0.15) is 0 Å². The number of carbonyl (C=O) groups is 1. The fourth-order valence-corrected chi connectivity index (χ4v) is 2.91. The van der Waals surface area contributed by atoms with Crippen molar-refractivity contribution in [2.24, 2.45) is 5.92 Å². The summed E-state index contributed by atoms with van der Waals surface area (Å²) in [5.74, 6) is 0.132. The zero-order chi connectivity index (χ0) is 18.2. The van der Waals surface area contributed by atoms with Crippen LogP contribution in [0.2, 0.25) is 0 Å². The Morgan fingerprint density at radius 2 is 1.88 bits per heavy atom. The molecule has 2 rings (SSSR count). The number of ether oxygens (including phenoxy) is 1. The largest absolute Gasteiger partial charge is 0.462 e. The van der Waals surface area contributed by atoms with E-state index in [-0.39, 0.29) is 5.97 Å². The number of hydrogen-bond donors (Lipinski definition) is 0. The third-order valence-electron chi connectivity index (χ3n) is 3.57. The van der Waals surface area contributed by atoms with Crippen LogP contribution in [-0.4, -0.2) is 19.1 Å². The standard InChI is InChI=1S/C21H24BrNO2/c1-4-25-21(24)20(17-9-8-10-18(22)13-17)15-23(14-16(2)3)19-11-6-5-7-12-19/h5-13,15-16H,4,14H2,1-3H3. The zero-order valence-corrected chi connectivity index (χ0v) is 16.5. The normalized spacial score (nSPS) is 11.5. The van der Waals surface area contributed by atoms with E-state index in [1.165, 1.54) is 0 Å². The highest BCUT2D eigenvalue weighted by Crippen LogP contribution is 2.24. The van der Waals surface area contributed by atoms with E-state index in [0.29, 0.717) is 18.1 Å². The molecule has 0 aliphatic carbocycles. The molecule has 0 N–H and O–H groups in total. The Labute approximate surface area is 158 Å². The van der Waals surface area contributed by atoms with Crippen LogP contribution in [0.3, 0.4) is 0 Å². The number of benzene rings is 2. The molecule has 0 atom stereocenters. The number of carbonyl (C=O) groups excluding carboxylic acids is 1. The highest BCUT2D eigenvalue weighted by atomic mass is 79.9. The van der Waals surface area contributed by atoms with Gasteiger partial charge in [0.05, 0.1) is 12.2 Å². The Kier molecular flexibility index (Phi) is 7.26. The maximum absolute atomic E-state index is 12.6. The first kappa shape index (κ1) is 19.3. The lowest BCUT2D eigenvalue weighted by Gasteiger charge is -2.24. The topological polar surface area (TPSA) is 29.5 Å². The number of esters is 1. The van der Waals surface area contributed by atoms with Crippen LogP contribution >= 0.6 is 15.9 Å². The molecule has 0 radical (unpaired) electrons. The first-order valence-corrected chi connectivity index (χ1v) is 9.27. The van der Waals surface area contributed by atoms with Gasteiger partial charge in [0.25, 0.3) is 0 Å².